The molecule has 1 aliphatic heterocycles. The van der Waals surface area contributed by atoms with Crippen molar-refractivity contribution in [3.63, 3.8) is 0 Å². The van der Waals surface area contributed by atoms with Crippen LogP contribution in [0.5, 0.6) is 0 Å². The zero-order chi connectivity index (χ0) is 20.6. The molecule has 29 heavy (non-hydrogen) atoms. The van der Waals surface area contributed by atoms with Crippen LogP contribution in [-0.4, -0.2) is 56.8 Å². The molecule has 152 valence electrons. The van der Waals surface area contributed by atoms with Gasteiger partial charge < -0.3 is 10.2 Å². The second kappa shape index (κ2) is 7.83. The van der Waals surface area contributed by atoms with Crippen LogP contribution in [-0.2, 0) is 10.0 Å². The van der Waals surface area contributed by atoms with E-state index in [4.69, 9.17) is 0 Å². The summed E-state index contributed by atoms with van der Waals surface area (Å²) >= 11 is 1.21. The first-order valence-corrected chi connectivity index (χ1v) is 11.4. The Morgan fingerprint density at radius 2 is 1.76 bits per heavy atom. The van der Waals surface area contributed by atoms with E-state index in [1.54, 1.807) is 24.3 Å². The maximum atomic E-state index is 13.8. The van der Waals surface area contributed by atoms with E-state index in [2.05, 4.69) is 10.2 Å². The SMILES string of the molecule is CN1CCN(S(=O)(=O)c2ccc(NC(=O)c3cc4c(F)cccc4s3)cc2)CC1. The van der Waals surface area contributed by atoms with Crippen molar-refractivity contribution in [1.29, 1.82) is 0 Å². The van der Waals surface area contributed by atoms with E-state index in [0.717, 1.165) is 0 Å². The van der Waals surface area contributed by atoms with E-state index >= 15 is 0 Å². The predicted octanol–water partition coefficient (Wildman–Crippen LogP) is 3.23. The van der Waals surface area contributed by atoms with Gasteiger partial charge in [-0.1, -0.05) is 6.07 Å². The van der Waals surface area contributed by atoms with Gasteiger partial charge in [-0.05, 0) is 49.5 Å². The summed E-state index contributed by atoms with van der Waals surface area (Å²) in [5.41, 5.74) is 0.477. The molecule has 1 saturated heterocycles. The number of carbonyl (C=O) groups is 1. The second-order valence-electron chi connectivity index (χ2n) is 6.95. The van der Waals surface area contributed by atoms with Gasteiger partial charge in [-0.3, -0.25) is 4.79 Å². The lowest BCUT2D eigenvalue weighted by Crippen LogP contribution is -2.46. The molecule has 9 heteroatoms. The standard InChI is InChI=1S/C20H20FN3O3S2/c1-23-9-11-24(12-10-23)29(26,27)15-7-5-14(6-8-15)22-20(25)19-13-16-17(21)3-2-4-18(16)28-19/h2-8,13H,9-12H2,1H3,(H,22,25). The summed E-state index contributed by atoms with van der Waals surface area (Å²) in [6.45, 7) is 2.31. The van der Waals surface area contributed by atoms with Crippen molar-refractivity contribution < 1.29 is 17.6 Å². The Bertz CT molecular complexity index is 1150. The highest BCUT2D eigenvalue weighted by Gasteiger charge is 2.27. The number of thiophene rings is 1. The van der Waals surface area contributed by atoms with Gasteiger partial charge >= 0.3 is 0 Å². The molecule has 1 amide bonds. The highest BCUT2D eigenvalue weighted by Crippen LogP contribution is 2.28. The van der Waals surface area contributed by atoms with Gasteiger partial charge in [-0.15, -0.1) is 11.3 Å². The van der Waals surface area contributed by atoms with Gasteiger partial charge in [-0.2, -0.15) is 4.31 Å². The zero-order valence-corrected chi connectivity index (χ0v) is 17.4. The summed E-state index contributed by atoms with van der Waals surface area (Å²) in [7, 11) is -1.59. The van der Waals surface area contributed by atoms with Crippen molar-refractivity contribution in [2.75, 3.05) is 38.5 Å². The van der Waals surface area contributed by atoms with Gasteiger partial charge in [0.15, 0.2) is 0 Å². The monoisotopic (exact) mass is 433 g/mol. The smallest absolute Gasteiger partial charge is 0.265 e. The van der Waals surface area contributed by atoms with Crippen LogP contribution in [0.3, 0.4) is 0 Å². The van der Waals surface area contributed by atoms with Gasteiger partial charge in [0.05, 0.1) is 9.77 Å². The quantitative estimate of drug-likeness (QED) is 0.686. The molecule has 3 aromatic rings. The average Bonchev–Trinajstić information content (AvgIpc) is 3.15. The Labute approximate surface area is 172 Å². The largest absolute Gasteiger partial charge is 0.321 e. The third-order valence-electron chi connectivity index (χ3n) is 4.94. The molecule has 6 nitrogen and oxygen atoms in total. The number of carbonyl (C=O) groups excluding carboxylic acids is 1. The number of likely N-dealkylation sites (N-methyl/N-ethyl adjacent to an activating group) is 1. The number of amides is 1. The normalized spacial score (nSPS) is 16.2. The fourth-order valence-corrected chi connectivity index (χ4v) is 5.61. The Balaban J connectivity index is 1.49. The molecule has 1 fully saturated rings. The molecule has 2 heterocycles. The van der Waals surface area contributed by atoms with E-state index < -0.39 is 10.0 Å². The lowest BCUT2D eigenvalue weighted by atomic mass is 10.2. The molecule has 0 atom stereocenters. The summed E-state index contributed by atoms with van der Waals surface area (Å²) in [6.07, 6.45) is 0. The molecule has 0 radical (unpaired) electrons. The highest BCUT2D eigenvalue weighted by atomic mass is 32.2. The summed E-state index contributed by atoms with van der Waals surface area (Å²) in [5.74, 6) is -0.725. The zero-order valence-electron chi connectivity index (χ0n) is 15.8. The second-order valence-corrected chi connectivity index (χ2v) is 9.97. The number of nitrogens with zero attached hydrogens (tertiary/aromatic N) is 2. The number of hydrogen-bond donors (Lipinski definition) is 1. The average molecular weight is 434 g/mol. The molecule has 1 N–H and O–H groups in total. The fraction of sp³-hybridized carbons (Fsp3) is 0.250. The summed E-state index contributed by atoms with van der Waals surface area (Å²) in [6, 6.07) is 12.4. The molecule has 1 aromatic heterocycles. The van der Waals surface area contributed by atoms with Crippen LogP contribution in [0.1, 0.15) is 9.67 Å². The van der Waals surface area contributed by atoms with Crippen molar-refractivity contribution in [2.24, 2.45) is 0 Å². The van der Waals surface area contributed by atoms with Crippen LogP contribution in [0.2, 0.25) is 0 Å². The predicted molar refractivity (Wildman–Crippen MR) is 112 cm³/mol. The number of fused-ring (bicyclic) bond motifs is 1. The lowest BCUT2D eigenvalue weighted by molar-refractivity contribution is 0.103. The first-order chi connectivity index (χ1) is 13.8. The first kappa shape index (κ1) is 20.0. The molecule has 1 aliphatic rings. The molecule has 4 rings (SSSR count). The third-order valence-corrected chi connectivity index (χ3v) is 7.96. The topological polar surface area (TPSA) is 69.7 Å². The Morgan fingerprint density at radius 3 is 2.41 bits per heavy atom. The summed E-state index contributed by atoms with van der Waals surface area (Å²) in [5, 5.41) is 3.15. The molecule has 0 bridgehead atoms. The van der Waals surface area contributed by atoms with Gasteiger partial charge in [0.2, 0.25) is 10.0 Å². The Hall–Kier alpha value is -2.33. The first-order valence-electron chi connectivity index (χ1n) is 9.13. The number of hydrogen-bond acceptors (Lipinski definition) is 5. The molecule has 0 saturated carbocycles. The number of sulfonamides is 1. The molecule has 0 unspecified atom stereocenters. The van der Waals surface area contributed by atoms with Crippen molar-refractivity contribution in [3.8, 4) is 0 Å². The number of rotatable bonds is 4. The van der Waals surface area contributed by atoms with Crippen LogP contribution in [0, 0.1) is 5.82 Å². The van der Waals surface area contributed by atoms with Gasteiger partial charge in [0.25, 0.3) is 5.91 Å². The number of halogens is 1. The maximum Gasteiger partial charge on any atom is 0.265 e. The van der Waals surface area contributed by atoms with Crippen LogP contribution in [0.15, 0.2) is 53.4 Å². The minimum atomic E-state index is -3.55. The minimum Gasteiger partial charge on any atom is -0.321 e. The highest BCUT2D eigenvalue weighted by molar-refractivity contribution is 7.89. The van der Waals surface area contributed by atoms with E-state index in [0.29, 0.717) is 46.8 Å². The van der Waals surface area contributed by atoms with E-state index in [1.165, 1.54) is 39.9 Å². The van der Waals surface area contributed by atoms with Gasteiger partial charge in [0.1, 0.15) is 5.82 Å². The number of nitrogens with one attached hydrogen (secondary N) is 1. The minimum absolute atomic E-state index is 0.198. The van der Waals surface area contributed by atoms with Crippen LogP contribution in [0.25, 0.3) is 10.1 Å². The van der Waals surface area contributed by atoms with Gasteiger partial charge in [-0.25, -0.2) is 12.8 Å². The molecular formula is C20H20FN3O3S2. The van der Waals surface area contributed by atoms with E-state index in [9.17, 15) is 17.6 Å². The Morgan fingerprint density at radius 1 is 1.07 bits per heavy atom. The van der Waals surface area contributed by atoms with Crippen LogP contribution < -0.4 is 5.32 Å². The van der Waals surface area contributed by atoms with Gasteiger partial charge in [0, 0.05) is 42.0 Å². The number of benzene rings is 2. The maximum absolute atomic E-state index is 13.8. The number of piperazine rings is 1. The van der Waals surface area contributed by atoms with Crippen LogP contribution in [0.4, 0.5) is 10.1 Å². The molecule has 0 spiro atoms. The molecule has 0 aliphatic carbocycles. The van der Waals surface area contributed by atoms with Crippen LogP contribution >= 0.6 is 11.3 Å². The van der Waals surface area contributed by atoms with E-state index in [1.807, 2.05) is 7.05 Å². The Kier molecular flexibility index (Phi) is 5.39. The lowest BCUT2D eigenvalue weighted by Gasteiger charge is -2.31. The van der Waals surface area contributed by atoms with Crippen molar-refractivity contribution >= 4 is 43.0 Å². The van der Waals surface area contributed by atoms with Crippen molar-refractivity contribution in [3.05, 3.63) is 59.2 Å². The summed E-state index contributed by atoms with van der Waals surface area (Å²) in [4.78, 5) is 15.2. The van der Waals surface area contributed by atoms with Crippen molar-refractivity contribution in [1.82, 2.24) is 9.21 Å². The third kappa shape index (κ3) is 4.04. The number of anilines is 1. The fourth-order valence-electron chi connectivity index (χ4n) is 3.22. The van der Waals surface area contributed by atoms with E-state index in [-0.39, 0.29) is 16.6 Å². The molecule has 2 aromatic carbocycles. The summed E-state index contributed by atoms with van der Waals surface area (Å²) < 4.78 is 41.5. The molecular weight excluding hydrogens is 413 g/mol. The van der Waals surface area contributed by atoms with Crippen molar-refractivity contribution in [2.45, 2.75) is 4.90 Å².